The van der Waals surface area contributed by atoms with Gasteiger partial charge in [0.25, 0.3) is 0 Å². The van der Waals surface area contributed by atoms with Crippen molar-refractivity contribution in [3.05, 3.63) is 35.4 Å². The maximum atomic E-state index is 10.8. The van der Waals surface area contributed by atoms with Crippen LogP contribution in [0.15, 0.2) is 24.3 Å². The summed E-state index contributed by atoms with van der Waals surface area (Å²) < 4.78 is 0. The lowest BCUT2D eigenvalue weighted by Gasteiger charge is -2.23. The van der Waals surface area contributed by atoms with Gasteiger partial charge in [-0.05, 0) is 24.0 Å². The van der Waals surface area contributed by atoms with Gasteiger partial charge in [0.15, 0.2) is 6.10 Å². The second-order valence-corrected chi connectivity index (χ2v) is 4.13. The molecule has 2 N–H and O–H groups in total. The fourth-order valence-electron chi connectivity index (χ4n) is 2.21. The summed E-state index contributed by atoms with van der Waals surface area (Å²) >= 11 is 0. The van der Waals surface area contributed by atoms with E-state index in [4.69, 9.17) is 10.4 Å². The fraction of sp³-hybridized carbons (Fsp3) is 0.333. The van der Waals surface area contributed by atoms with Gasteiger partial charge in [-0.3, -0.25) is 0 Å². The molecule has 0 aromatic heterocycles. The van der Waals surface area contributed by atoms with Crippen molar-refractivity contribution in [1.82, 2.24) is 0 Å². The van der Waals surface area contributed by atoms with Crippen LogP contribution in [0.1, 0.15) is 11.1 Å². The van der Waals surface area contributed by atoms with Crippen LogP contribution >= 0.6 is 0 Å². The standard InChI is InChI=1S/C12H11NO3/c13-7-12(10(14)11(15)16)5-8-3-1-2-4-9(8)6-12/h1-4,10,14H,5-6H2,(H,15,16). The fourth-order valence-corrected chi connectivity index (χ4v) is 2.21. The van der Waals surface area contributed by atoms with Crippen LogP contribution in [0.3, 0.4) is 0 Å². The number of nitriles is 1. The Morgan fingerprint density at radius 1 is 1.38 bits per heavy atom. The third kappa shape index (κ3) is 1.46. The number of rotatable bonds is 2. The first-order valence-electron chi connectivity index (χ1n) is 4.98. The van der Waals surface area contributed by atoms with Gasteiger partial charge in [-0.1, -0.05) is 24.3 Å². The quantitative estimate of drug-likeness (QED) is 0.765. The van der Waals surface area contributed by atoms with Gasteiger partial charge in [0.2, 0.25) is 0 Å². The highest BCUT2D eigenvalue weighted by molar-refractivity contribution is 5.74. The molecule has 82 valence electrons. The summed E-state index contributed by atoms with van der Waals surface area (Å²) in [6, 6.07) is 9.40. The average molecular weight is 217 g/mol. The summed E-state index contributed by atoms with van der Waals surface area (Å²) in [7, 11) is 0. The number of hydrogen-bond donors (Lipinski definition) is 2. The molecule has 0 heterocycles. The predicted octanol–water partition coefficient (Wildman–Crippen LogP) is 0.741. The second-order valence-electron chi connectivity index (χ2n) is 4.13. The van der Waals surface area contributed by atoms with E-state index >= 15 is 0 Å². The molecule has 0 aliphatic heterocycles. The first kappa shape index (κ1) is 10.7. The van der Waals surface area contributed by atoms with Gasteiger partial charge >= 0.3 is 5.97 Å². The summed E-state index contributed by atoms with van der Waals surface area (Å²) in [6.45, 7) is 0. The molecule has 1 atom stereocenters. The predicted molar refractivity (Wildman–Crippen MR) is 55.5 cm³/mol. The average Bonchev–Trinajstić information content (AvgIpc) is 2.67. The van der Waals surface area contributed by atoms with Crippen LogP contribution in [0.2, 0.25) is 0 Å². The molecule has 0 saturated heterocycles. The highest BCUT2D eigenvalue weighted by atomic mass is 16.4. The van der Waals surface area contributed by atoms with E-state index in [1.54, 1.807) is 0 Å². The van der Waals surface area contributed by atoms with Gasteiger partial charge in [-0.2, -0.15) is 5.26 Å². The zero-order valence-corrected chi connectivity index (χ0v) is 8.55. The Morgan fingerprint density at radius 2 is 1.88 bits per heavy atom. The number of carboxylic acids is 1. The van der Waals surface area contributed by atoms with E-state index in [2.05, 4.69) is 0 Å². The van der Waals surface area contributed by atoms with Gasteiger partial charge in [0.05, 0.1) is 6.07 Å². The van der Waals surface area contributed by atoms with E-state index < -0.39 is 17.5 Å². The minimum atomic E-state index is -1.63. The van der Waals surface area contributed by atoms with E-state index in [-0.39, 0.29) is 0 Å². The van der Waals surface area contributed by atoms with Gasteiger partial charge < -0.3 is 10.2 Å². The smallest absolute Gasteiger partial charge is 0.334 e. The molecule has 0 spiro atoms. The highest BCUT2D eigenvalue weighted by Crippen LogP contribution is 2.39. The Bertz CT molecular complexity index is 450. The molecule has 2 rings (SSSR count). The first-order valence-corrected chi connectivity index (χ1v) is 4.98. The summed E-state index contributed by atoms with van der Waals surface area (Å²) in [5.41, 5.74) is 0.684. The Hall–Kier alpha value is -1.86. The van der Waals surface area contributed by atoms with Crippen molar-refractivity contribution >= 4 is 5.97 Å². The summed E-state index contributed by atoms with van der Waals surface area (Å²) in [5.74, 6) is -1.34. The van der Waals surface area contributed by atoms with Crippen molar-refractivity contribution in [1.29, 1.82) is 5.26 Å². The number of nitrogens with zero attached hydrogens (tertiary/aromatic N) is 1. The van der Waals surface area contributed by atoms with Crippen molar-refractivity contribution in [3.8, 4) is 6.07 Å². The van der Waals surface area contributed by atoms with E-state index in [0.29, 0.717) is 12.8 Å². The lowest BCUT2D eigenvalue weighted by Crippen LogP contribution is -2.40. The third-order valence-corrected chi connectivity index (χ3v) is 3.11. The Labute approximate surface area is 92.8 Å². The van der Waals surface area contributed by atoms with E-state index in [0.717, 1.165) is 11.1 Å². The molecule has 4 heteroatoms. The summed E-state index contributed by atoms with van der Waals surface area (Å²) in [5, 5.41) is 27.6. The molecule has 0 bridgehead atoms. The minimum Gasteiger partial charge on any atom is -0.479 e. The zero-order valence-electron chi connectivity index (χ0n) is 8.55. The zero-order chi connectivity index (χ0) is 11.8. The Kier molecular flexibility index (Phi) is 2.41. The van der Waals surface area contributed by atoms with Crippen molar-refractivity contribution in [2.45, 2.75) is 18.9 Å². The maximum absolute atomic E-state index is 10.8. The monoisotopic (exact) mass is 217 g/mol. The van der Waals surface area contributed by atoms with Gasteiger partial charge in [0, 0.05) is 0 Å². The largest absolute Gasteiger partial charge is 0.479 e. The van der Waals surface area contributed by atoms with Crippen LogP contribution in [0, 0.1) is 16.7 Å². The number of aliphatic carboxylic acids is 1. The first-order chi connectivity index (χ1) is 7.59. The van der Waals surface area contributed by atoms with Crippen LogP contribution in [-0.2, 0) is 17.6 Å². The normalized spacial score (nSPS) is 18.5. The molecule has 1 aromatic carbocycles. The number of benzene rings is 1. The molecule has 4 nitrogen and oxygen atoms in total. The van der Waals surface area contributed by atoms with Crippen LogP contribution in [0.4, 0.5) is 0 Å². The van der Waals surface area contributed by atoms with Crippen molar-refractivity contribution in [2.75, 3.05) is 0 Å². The van der Waals surface area contributed by atoms with Gasteiger partial charge in [-0.15, -0.1) is 0 Å². The number of aliphatic hydroxyl groups excluding tert-OH is 1. The van der Waals surface area contributed by atoms with Crippen LogP contribution in [0.5, 0.6) is 0 Å². The molecule has 1 aliphatic carbocycles. The van der Waals surface area contributed by atoms with Crippen LogP contribution < -0.4 is 0 Å². The van der Waals surface area contributed by atoms with Crippen molar-refractivity contribution in [3.63, 3.8) is 0 Å². The van der Waals surface area contributed by atoms with Crippen molar-refractivity contribution < 1.29 is 15.0 Å². The highest BCUT2D eigenvalue weighted by Gasteiger charge is 2.47. The van der Waals surface area contributed by atoms with Gasteiger partial charge in [0.1, 0.15) is 5.41 Å². The molecule has 0 fully saturated rings. The molecule has 16 heavy (non-hydrogen) atoms. The van der Waals surface area contributed by atoms with E-state index in [1.165, 1.54) is 0 Å². The molecule has 0 amide bonds. The Morgan fingerprint density at radius 3 is 2.25 bits per heavy atom. The second kappa shape index (κ2) is 3.62. The molecule has 1 aromatic rings. The Balaban J connectivity index is 2.38. The number of aliphatic hydroxyl groups is 1. The number of fused-ring (bicyclic) bond motifs is 1. The SMILES string of the molecule is N#CC1(C(O)C(=O)O)Cc2ccccc2C1. The maximum Gasteiger partial charge on any atom is 0.334 e. The van der Waals surface area contributed by atoms with E-state index in [1.807, 2.05) is 30.3 Å². The molecule has 0 saturated carbocycles. The summed E-state index contributed by atoms with van der Waals surface area (Å²) in [6.07, 6.45) is -1.04. The topological polar surface area (TPSA) is 81.3 Å². The molecular formula is C12H11NO3. The number of hydrogen-bond acceptors (Lipinski definition) is 3. The number of carbonyl (C=O) groups is 1. The molecule has 0 radical (unpaired) electrons. The van der Waals surface area contributed by atoms with E-state index in [9.17, 15) is 9.90 Å². The number of carboxylic acid groups (broad SMARTS) is 1. The lowest BCUT2D eigenvalue weighted by molar-refractivity contribution is -0.151. The van der Waals surface area contributed by atoms with Crippen LogP contribution in [0.25, 0.3) is 0 Å². The summed E-state index contributed by atoms with van der Waals surface area (Å²) in [4.78, 5) is 10.8. The van der Waals surface area contributed by atoms with Crippen molar-refractivity contribution in [2.24, 2.45) is 5.41 Å². The third-order valence-electron chi connectivity index (χ3n) is 3.11. The lowest BCUT2D eigenvalue weighted by atomic mass is 9.80. The molecular weight excluding hydrogens is 206 g/mol. The minimum absolute atomic E-state index is 0.299. The molecule has 1 unspecified atom stereocenters. The molecule has 1 aliphatic rings. The van der Waals surface area contributed by atoms with Gasteiger partial charge in [-0.25, -0.2) is 4.79 Å². The van der Waals surface area contributed by atoms with Crippen LogP contribution in [-0.4, -0.2) is 22.3 Å².